The SMILES string of the molecule is CC(C)Sc1ccccc1NC(=O)CCN.Cl. The van der Waals surface area contributed by atoms with Crippen LogP contribution in [0.5, 0.6) is 0 Å². The minimum atomic E-state index is -0.0284. The van der Waals surface area contributed by atoms with Crippen LogP contribution >= 0.6 is 24.2 Å². The highest BCUT2D eigenvalue weighted by atomic mass is 35.5. The van der Waals surface area contributed by atoms with Gasteiger partial charge in [-0.1, -0.05) is 26.0 Å². The van der Waals surface area contributed by atoms with Crippen LogP contribution in [0.15, 0.2) is 29.2 Å². The van der Waals surface area contributed by atoms with E-state index in [0.29, 0.717) is 18.2 Å². The van der Waals surface area contributed by atoms with Crippen molar-refractivity contribution in [3.8, 4) is 0 Å². The molecule has 0 aromatic heterocycles. The fourth-order valence-electron chi connectivity index (χ4n) is 1.27. The molecule has 0 radical (unpaired) electrons. The third kappa shape index (κ3) is 5.96. The van der Waals surface area contributed by atoms with Crippen LogP contribution in [-0.4, -0.2) is 17.7 Å². The van der Waals surface area contributed by atoms with Crippen molar-refractivity contribution in [1.82, 2.24) is 0 Å². The Hall–Kier alpha value is -0.710. The minimum Gasteiger partial charge on any atom is -0.330 e. The standard InChI is InChI=1S/C12H18N2OS.ClH/c1-9(2)16-11-6-4-3-5-10(11)14-12(15)7-8-13;/h3-6,9H,7-8,13H2,1-2H3,(H,14,15);1H. The summed E-state index contributed by atoms with van der Waals surface area (Å²) < 4.78 is 0. The molecule has 0 aliphatic carbocycles. The van der Waals surface area contributed by atoms with Crippen molar-refractivity contribution >= 4 is 35.8 Å². The molecule has 0 spiro atoms. The molecule has 1 aromatic rings. The number of nitrogens with one attached hydrogen (secondary N) is 1. The van der Waals surface area contributed by atoms with E-state index in [1.54, 1.807) is 11.8 Å². The molecule has 0 heterocycles. The number of nitrogens with two attached hydrogens (primary N) is 1. The molecule has 1 amide bonds. The molecule has 5 heteroatoms. The molecule has 17 heavy (non-hydrogen) atoms. The third-order valence-electron chi connectivity index (χ3n) is 1.90. The van der Waals surface area contributed by atoms with Crippen LogP contribution in [0.1, 0.15) is 20.3 Å². The number of hydrogen-bond acceptors (Lipinski definition) is 3. The monoisotopic (exact) mass is 274 g/mol. The molecule has 0 atom stereocenters. The lowest BCUT2D eigenvalue weighted by Crippen LogP contribution is -2.16. The van der Waals surface area contributed by atoms with Crippen LogP contribution in [0.25, 0.3) is 0 Å². The van der Waals surface area contributed by atoms with Crippen LogP contribution in [0.3, 0.4) is 0 Å². The van der Waals surface area contributed by atoms with Crippen LogP contribution in [0, 0.1) is 0 Å². The summed E-state index contributed by atoms with van der Waals surface area (Å²) in [6.45, 7) is 4.64. The number of benzene rings is 1. The Morgan fingerprint density at radius 3 is 2.65 bits per heavy atom. The number of carbonyl (C=O) groups is 1. The van der Waals surface area contributed by atoms with Gasteiger partial charge in [-0.3, -0.25) is 4.79 Å². The van der Waals surface area contributed by atoms with Crippen LogP contribution in [-0.2, 0) is 4.79 Å². The number of anilines is 1. The highest BCUT2D eigenvalue weighted by Gasteiger charge is 2.07. The summed E-state index contributed by atoms with van der Waals surface area (Å²) in [5.74, 6) is -0.0284. The Morgan fingerprint density at radius 2 is 2.06 bits per heavy atom. The fourth-order valence-corrected chi connectivity index (χ4v) is 2.18. The summed E-state index contributed by atoms with van der Waals surface area (Å²) in [6, 6.07) is 7.83. The maximum atomic E-state index is 11.5. The average molecular weight is 275 g/mol. The van der Waals surface area contributed by atoms with Crippen molar-refractivity contribution in [2.24, 2.45) is 5.73 Å². The summed E-state index contributed by atoms with van der Waals surface area (Å²) in [7, 11) is 0. The van der Waals surface area contributed by atoms with E-state index in [1.165, 1.54) is 0 Å². The summed E-state index contributed by atoms with van der Waals surface area (Å²) in [5.41, 5.74) is 6.21. The van der Waals surface area contributed by atoms with Gasteiger partial charge in [0.2, 0.25) is 5.91 Å². The fraction of sp³-hybridized carbons (Fsp3) is 0.417. The number of halogens is 1. The van der Waals surface area contributed by atoms with Crippen molar-refractivity contribution in [1.29, 1.82) is 0 Å². The van der Waals surface area contributed by atoms with Crippen LogP contribution in [0.2, 0.25) is 0 Å². The number of para-hydroxylation sites is 1. The lowest BCUT2D eigenvalue weighted by Gasteiger charge is -2.11. The molecule has 0 saturated carbocycles. The molecule has 0 aliphatic heterocycles. The Bertz CT molecular complexity index is 358. The third-order valence-corrected chi connectivity index (χ3v) is 2.98. The van der Waals surface area contributed by atoms with Gasteiger partial charge >= 0.3 is 0 Å². The number of hydrogen-bond donors (Lipinski definition) is 2. The summed E-state index contributed by atoms with van der Waals surface area (Å²) in [5, 5.41) is 3.37. The van der Waals surface area contributed by atoms with E-state index in [1.807, 2.05) is 24.3 Å². The zero-order chi connectivity index (χ0) is 12.0. The number of carbonyl (C=O) groups excluding carboxylic acids is 1. The molecule has 1 rings (SSSR count). The van der Waals surface area contributed by atoms with E-state index in [0.717, 1.165) is 10.6 Å². The lowest BCUT2D eigenvalue weighted by molar-refractivity contribution is -0.116. The predicted molar refractivity (Wildman–Crippen MR) is 77.0 cm³/mol. The second-order valence-electron chi connectivity index (χ2n) is 3.75. The van der Waals surface area contributed by atoms with Crippen molar-refractivity contribution in [2.75, 3.05) is 11.9 Å². The van der Waals surface area contributed by atoms with Crippen molar-refractivity contribution in [3.63, 3.8) is 0 Å². The molecular formula is C12H19ClN2OS. The summed E-state index contributed by atoms with van der Waals surface area (Å²) >= 11 is 1.74. The van der Waals surface area contributed by atoms with Crippen LogP contribution in [0.4, 0.5) is 5.69 Å². The van der Waals surface area contributed by atoms with E-state index in [4.69, 9.17) is 5.73 Å². The van der Waals surface area contributed by atoms with Gasteiger partial charge in [0.15, 0.2) is 0 Å². The summed E-state index contributed by atoms with van der Waals surface area (Å²) in [4.78, 5) is 12.5. The average Bonchev–Trinajstić information content (AvgIpc) is 2.20. The van der Waals surface area contributed by atoms with Crippen molar-refractivity contribution < 1.29 is 4.79 Å². The molecular weight excluding hydrogens is 256 g/mol. The van der Waals surface area contributed by atoms with E-state index < -0.39 is 0 Å². The second-order valence-corrected chi connectivity index (χ2v) is 5.37. The molecule has 0 aliphatic rings. The van der Waals surface area contributed by atoms with Gasteiger partial charge in [-0.25, -0.2) is 0 Å². The Labute approximate surface area is 113 Å². The van der Waals surface area contributed by atoms with Gasteiger partial charge in [-0.2, -0.15) is 0 Å². The molecule has 3 N–H and O–H groups in total. The van der Waals surface area contributed by atoms with Gasteiger partial charge in [-0.05, 0) is 12.1 Å². The maximum absolute atomic E-state index is 11.5. The normalized spacial score (nSPS) is 9.88. The molecule has 0 fully saturated rings. The smallest absolute Gasteiger partial charge is 0.225 e. The first-order valence-electron chi connectivity index (χ1n) is 5.39. The minimum absolute atomic E-state index is 0. The Morgan fingerprint density at radius 1 is 1.41 bits per heavy atom. The number of amides is 1. The first-order chi connectivity index (χ1) is 7.63. The largest absolute Gasteiger partial charge is 0.330 e. The van der Waals surface area contributed by atoms with Gasteiger partial charge in [0.25, 0.3) is 0 Å². The van der Waals surface area contributed by atoms with Crippen molar-refractivity contribution in [2.45, 2.75) is 30.4 Å². The quantitative estimate of drug-likeness (QED) is 0.812. The zero-order valence-corrected chi connectivity index (χ0v) is 11.7. The molecule has 1 aromatic carbocycles. The van der Waals surface area contributed by atoms with Crippen molar-refractivity contribution in [3.05, 3.63) is 24.3 Å². The molecule has 0 saturated heterocycles. The second kappa shape index (κ2) is 8.39. The van der Waals surface area contributed by atoms with Crippen LogP contribution < -0.4 is 11.1 Å². The molecule has 0 unspecified atom stereocenters. The van der Waals surface area contributed by atoms with Gasteiger partial charge in [0.1, 0.15) is 0 Å². The molecule has 3 nitrogen and oxygen atoms in total. The van der Waals surface area contributed by atoms with E-state index in [9.17, 15) is 4.79 Å². The molecule has 0 bridgehead atoms. The van der Waals surface area contributed by atoms with E-state index in [-0.39, 0.29) is 18.3 Å². The van der Waals surface area contributed by atoms with Gasteiger partial charge in [0.05, 0.1) is 5.69 Å². The maximum Gasteiger partial charge on any atom is 0.225 e. The Kier molecular flexibility index (Phi) is 8.04. The number of thioether (sulfide) groups is 1. The first kappa shape index (κ1) is 16.3. The van der Waals surface area contributed by atoms with E-state index >= 15 is 0 Å². The van der Waals surface area contributed by atoms with Gasteiger partial charge in [0, 0.05) is 23.1 Å². The predicted octanol–water partition coefficient (Wildman–Crippen LogP) is 2.90. The molecule has 96 valence electrons. The highest BCUT2D eigenvalue weighted by Crippen LogP contribution is 2.30. The Balaban J connectivity index is 0.00000256. The topological polar surface area (TPSA) is 55.1 Å². The van der Waals surface area contributed by atoms with Gasteiger partial charge in [-0.15, -0.1) is 24.2 Å². The zero-order valence-electron chi connectivity index (χ0n) is 10.1. The van der Waals surface area contributed by atoms with Gasteiger partial charge < -0.3 is 11.1 Å². The highest BCUT2D eigenvalue weighted by molar-refractivity contribution is 8.00. The summed E-state index contributed by atoms with van der Waals surface area (Å²) in [6.07, 6.45) is 0.362. The van der Waals surface area contributed by atoms with E-state index in [2.05, 4.69) is 19.2 Å². The first-order valence-corrected chi connectivity index (χ1v) is 6.27. The number of rotatable bonds is 5. The lowest BCUT2D eigenvalue weighted by atomic mass is 10.3.